The Morgan fingerprint density at radius 2 is 2.07 bits per heavy atom. The smallest absolute Gasteiger partial charge is 0.292 e. The molecule has 2 N–H and O–H groups in total. The first kappa shape index (κ1) is 18.6. The molecule has 0 aliphatic rings. The van der Waals surface area contributed by atoms with E-state index in [9.17, 15) is 4.79 Å². The normalized spacial score (nSPS) is 10.0. The summed E-state index contributed by atoms with van der Waals surface area (Å²) in [5, 5.41) is 9.68. The van der Waals surface area contributed by atoms with Crippen molar-refractivity contribution in [3.8, 4) is 11.6 Å². The molecular weight excluding hydrogens is 364 g/mol. The Morgan fingerprint density at radius 1 is 1.25 bits per heavy atom. The van der Waals surface area contributed by atoms with Crippen LogP contribution in [0.3, 0.4) is 0 Å². The minimum atomic E-state index is -0.345. The van der Waals surface area contributed by atoms with Crippen LogP contribution < -0.4 is 10.1 Å². The molecule has 0 spiro atoms. The first-order valence-electron chi connectivity index (χ1n) is 8.01. The van der Waals surface area contributed by atoms with Gasteiger partial charge in [0, 0.05) is 24.7 Å². The van der Waals surface area contributed by atoms with Gasteiger partial charge in [-0.15, -0.1) is 0 Å². The maximum atomic E-state index is 12.7. The molecule has 142 valence electrons. The highest BCUT2D eigenvalue weighted by Crippen LogP contribution is 2.19. The van der Waals surface area contributed by atoms with E-state index in [1.807, 2.05) is 18.2 Å². The van der Waals surface area contributed by atoms with Crippen LogP contribution in [0.1, 0.15) is 10.6 Å². The van der Waals surface area contributed by atoms with Gasteiger partial charge in [0.05, 0.1) is 30.7 Å². The van der Waals surface area contributed by atoms with Crippen molar-refractivity contribution >= 4 is 23.6 Å². The van der Waals surface area contributed by atoms with Gasteiger partial charge in [0.25, 0.3) is 12.4 Å². The first-order valence-corrected chi connectivity index (χ1v) is 8.01. The number of methoxy groups -OCH3 is 1. The number of carboxylic acid groups (broad SMARTS) is 1. The molecule has 0 saturated heterocycles. The van der Waals surface area contributed by atoms with E-state index < -0.39 is 0 Å². The zero-order chi connectivity index (χ0) is 19.9. The predicted octanol–water partition coefficient (Wildman–Crippen LogP) is 1.88. The molecule has 4 aromatic heterocycles. The van der Waals surface area contributed by atoms with Crippen molar-refractivity contribution < 1.29 is 19.4 Å². The van der Waals surface area contributed by atoms with Crippen LogP contribution in [-0.4, -0.2) is 48.5 Å². The van der Waals surface area contributed by atoms with Crippen molar-refractivity contribution in [1.29, 1.82) is 0 Å². The van der Waals surface area contributed by atoms with Crippen LogP contribution in [0.15, 0.2) is 61.6 Å². The minimum Gasteiger partial charge on any atom is -0.495 e. The molecule has 4 heterocycles. The van der Waals surface area contributed by atoms with E-state index in [2.05, 4.69) is 20.3 Å². The molecule has 4 rings (SSSR count). The molecule has 4 aromatic rings. The highest BCUT2D eigenvalue weighted by molar-refractivity contribution is 6.03. The van der Waals surface area contributed by atoms with E-state index in [1.54, 1.807) is 59.5 Å². The Morgan fingerprint density at radius 3 is 2.79 bits per heavy atom. The molecule has 0 aliphatic heterocycles. The molecule has 10 nitrogen and oxygen atoms in total. The molecule has 0 saturated carbocycles. The fourth-order valence-electron chi connectivity index (χ4n) is 2.54. The van der Waals surface area contributed by atoms with Crippen LogP contribution in [0.5, 0.6) is 5.75 Å². The zero-order valence-electron chi connectivity index (χ0n) is 14.8. The summed E-state index contributed by atoms with van der Waals surface area (Å²) in [6.45, 7) is -0.250. The van der Waals surface area contributed by atoms with Gasteiger partial charge in [-0.3, -0.25) is 23.5 Å². The monoisotopic (exact) mass is 380 g/mol. The van der Waals surface area contributed by atoms with Gasteiger partial charge in [-0.05, 0) is 12.1 Å². The lowest BCUT2D eigenvalue weighted by molar-refractivity contribution is -0.122. The standard InChI is InChI=1S/C17H14N6O2.CH2O2/c1-25-13-8-12(9-19-10-13)20-17(24)16-21-15(22-7-5-18-11-22)14-4-2-3-6-23(14)16;2-1-3/h2-11H,1H3,(H,20,24);1H,(H,2,3). The van der Waals surface area contributed by atoms with Gasteiger partial charge in [0.1, 0.15) is 12.1 Å². The van der Waals surface area contributed by atoms with Gasteiger partial charge in [0.15, 0.2) is 5.82 Å². The number of ether oxygens (including phenoxy) is 1. The van der Waals surface area contributed by atoms with Crippen LogP contribution in [0, 0.1) is 0 Å². The van der Waals surface area contributed by atoms with E-state index in [0.717, 1.165) is 5.52 Å². The quantitative estimate of drug-likeness (QED) is 0.518. The number of hydrogen-bond acceptors (Lipinski definition) is 6. The first-order chi connectivity index (χ1) is 13.7. The van der Waals surface area contributed by atoms with E-state index in [-0.39, 0.29) is 18.2 Å². The molecular formula is C18H16N6O4. The van der Waals surface area contributed by atoms with Crippen molar-refractivity contribution in [2.45, 2.75) is 0 Å². The van der Waals surface area contributed by atoms with Crippen molar-refractivity contribution in [2.24, 2.45) is 0 Å². The van der Waals surface area contributed by atoms with Gasteiger partial charge >= 0.3 is 0 Å². The van der Waals surface area contributed by atoms with Gasteiger partial charge < -0.3 is 15.2 Å². The van der Waals surface area contributed by atoms with Crippen LogP contribution >= 0.6 is 0 Å². The number of nitrogens with zero attached hydrogens (tertiary/aromatic N) is 5. The van der Waals surface area contributed by atoms with Crippen LogP contribution in [0.4, 0.5) is 5.69 Å². The Kier molecular flexibility index (Phi) is 5.60. The summed E-state index contributed by atoms with van der Waals surface area (Å²) in [5.74, 6) is 1.11. The molecule has 0 unspecified atom stereocenters. The molecule has 0 atom stereocenters. The summed E-state index contributed by atoms with van der Waals surface area (Å²) in [4.78, 5) is 33.6. The SMILES string of the molecule is COc1cncc(NC(=O)c2nc(-n3ccnc3)c3ccccn23)c1.O=CO. The number of fused-ring (bicyclic) bond motifs is 1. The summed E-state index contributed by atoms with van der Waals surface area (Å²) in [7, 11) is 1.54. The molecule has 0 aliphatic carbocycles. The van der Waals surface area contributed by atoms with Gasteiger partial charge in [-0.2, -0.15) is 0 Å². The van der Waals surface area contributed by atoms with Gasteiger partial charge in [0.2, 0.25) is 5.82 Å². The second-order valence-electron chi connectivity index (χ2n) is 5.36. The molecule has 28 heavy (non-hydrogen) atoms. The summed E-state index contributed by atoms with van der Waals surface area (Å²) in [6, 6.07) is 7.32. The van der Waals surface area contributed by atoms with Crippen molar-refractivity contribution in [2.75, 3.05) is 12.4 Å². The number of amides is 1. The Labute approximate surface area is 159 Å². The summed E-state index contributed by atoms with van der Waals surface area (Å²) in [5.41, 5.74) is 1.33. The second kappa shape index (κ2) is 8.45. The van der Waals surface area contributed by atoms with Crippen molar-refractivity contribution in [1.82, 2.24) is 23.9 Å². The van der Waals surface area contributed by atoms with Crippen LogP contribution in [0.2, 0.25) is 0 Å². The molecule has 0 fully saturated rings. The topological polar surface area (TPSA) is 124 Å². The Hall–Kier alpha value is -4.21. The number of rotatable bonds is 4. The number of pyridine rings is 2. The number of carbonyl (C=O) groups is 2. The lowest BCUT2D eigenvalue weighted by atomic mass is 10.4. The molecule has 0 radical (unpaired) electrons. The number of hydrogen-bond donors (Lipinski definition) is 2. The molecule has 10 heteroatoms. The minimum absolute atomic E-state index is 0.250. The van der Waals surface area contributed by atoms with E-state index in [4.69, 9.17) is 14.6 Å². The molecule has 1 amide bonds. The fraction of sp³-hybridized carbons (Fsp3) is 0.0556. The molecule has 0 bridgehead atoms. The highest BCUT2D eigenvalue weighted by atomic mass is 16.5. The molecule has 0 aromatic carbocycles. The Bertz CT molecular complexity index is 1090. The number of aromatic nitrogens is 5. The Balaban J connectivity index is 0.000000706. The van der Waals surface area contributed by atoms with Crippen LogP contribution in [-0.2, 0) is 4.79 Å². The third kappa shape index (κ3) is 3.80. The number of imidazole rings is 2. The highest BCUT2D eigenvalue weighted by Gasteiger charge is 2.18. The van der Waals surface area contributed by atoms with E-state index >= 15 is 0 Å². The van der Waals surface area contributed by atoms with Gasteiger partial charge in [-0.25, -0.2) is 9.97 Å². The number of carbonyl (C=O) groups excluding carboxylic acids is 1. The average molecular weight is 380 g/mol. The summed E-state index contributed by atoms with van der Waals surface area (Å²) < 4.78 is 8.62. The van der Waals surface area contributed by atoms with Crippen LogP contribution in [0.25, 0.3) is 11.3 Å². The van der Waals surface area contributed by atoms with E-state index in [0.29, 0.717) is 17.3 Å². The van der Waals surface area contributed by atoms with Crippen molar-refractivity contribution in [3.63, 3.8) is 0 Å². The van der Waals surface area contributed by atoms with E-state index in [1.165, 1.54) is 0 Å². The van der Waals surface area contributed by atoms with Crippen molar-refractivity contribution in [3.05, 3.63) is 67.4 Å². The fourth-order valence-corrected chi connectivity index (χ4v) is 2.54. The number of nitrogens with one attached hydrogen (secondary N) is 1. The lowest BCUT2D eigenvalue weighted by Crippen LogP contribution is -2.15. The zero-order valence-corrected chi connectivity index (χ0v) is 14.8. The summed E-state index contributed by atoms with van der Waals surface area (Å²) >= 11 is 0. The largest absolute Gasteiger partial charge is 0.495 e. The average Bonchev–Trinajstić information content (AvgIpc) is 3.36. The third-order valence-corrected chi connectivity index (χ3v) is 3.69. The maximum Gasteiger partial charge on any atom is 0.292 e. The predicted molar refractivity (Wildman–Crippen MR) is 99.7 cm³/mol. The number of anilines is 1. The summed E-state index contributed by atoms with van der Waals surface area (Å²) in [6.07, 6.45) is 9.99. The maximum absolute atomic E-state index is 12.7. The second-order valence-corrected chi connectivity index (χ2v) is 5.36. The third-order valence-electron chi connectivity index (χ3n) is 3.69. The lowest BCUT2D eigenvalue weighted by Gasteiger charge is -2.05. The van der Waals surface area contributed by atoms with Gasteiger partial charge in [-0.1, -0.05) is 6.07 Å².